The first-order valence-corrected chi connectivity index (χ1v) is 8.55. The summed E-state index contributed by atoms with van der Waals surface area (Å²) in [6.45, 7) is 6.26. The predicted octanol–water partition coefficient (Wildman–Crippen LogP) is 3.19. The first-order chi connectivity index (χ1) is 10.4. The van der Waals surface area contributed by atoms with Crippen molar-refractivity contribution in [2.75, 3.05) is 19.7 Å². The fourth-order valence-electron chi connectivity index (χ4n) is 2.81. The van der Waals surface area contributed by atoms with E-state index in [1.54, 1.807) is 0 Å². The highest BCUT2D eigenvalue weighted by atomic mass is 16.5. The summed E-state index contributed by atoms with van der Waals surface area (Å²) in [5.74, 6) is 1.05. The Morgan fingerprint density at radius 2 is 1.95 bits per heavy atom. The van der Waals surface area contributed by atoms with Gasteiger partial charge in [0.05, 0.1) is 0 Å². The lowest BCUT2D eigenvalue weighted by Crippen LogP contribution is -2.31. The second-order valence-corrected chi connectivity index (χ2v) is 6.38. The molecule has 0 aromatic heterocycles. The molecule has 116 valence electrons. The third-order valence-corrected chi connectivity index (χ3v) is 4.34. The SMILES string of the molecule is CCCN(CCOc1ccccc1CNC1CC1)C1CC1. The zero-order valence-corrected chi connectivity index (χ0v) is 13.2. The maximum Gasteiger partial charge on any atom is 0.123 e. The minimum Gasteiger partial charge on any atom is -0.492 e. The number of hydrogen-bond acceptors (Lipinski definition) is 3. The molecule has 3 rings (SSSR count). The van der Waals surface area contributed by atoms with E-state index >= 15 is 0 Å². The van der Waals surface area contributed by atoms with Gasteiger partial charge in [-0.3, -0.25) is 4.90 Å². The van der Waals surface area contributed by atoms with E-state index in [1.165, 1.54) is 44.2 Å². The summed E-state index contributed by atoms with van der Waals surface area (Å²) >= 11 is 0. The minimum atomic E-state index is 0.743. The van der Waals surface area contributed by atoms with Gasteiger partial charge in [-0.25, -0.2) is 0 Å². The van der Waals surface area contributed by atoms with E-state index in [0.717, 1.165) is 37.5 Å². The average Bonchev–Trinajstić information content (AvgIpc) is 3.39. The van der Waals surface area contributed by atoms with Crippen molar-refractivity contribution < 1.29 is 4.74 Å². The molecule has 0 amide bonds. The van der Waals surface area contributed by atoms with Gasteiger partial charge in [-0.2, -0.15) is 0 Å². The van der Waals surface area contributed by atoms with E-state index in [-0.39, 0.29) is 0 Å². The quantitative estimate of drug-likeness (QED) is 0.715. The number of para-hydroxylation sites is 1. The van der Waals surface area contributed by atoms with E-state index in [4.69, 9.17) is 4.74 Å². The molecule has 2 saturated carbocycles. The smallest absolute Gasteiger partial charge is 0.123 e. The van der Waals surface area contributed by atoms with Gasteiger partial charge in [0, 0.05) is 30.7 Å². The summed E-state index contributed by atoms with van der Waals surface area (Å²) in [4.78, 5) is 2.59. The van der Waals surface area contributed by atoms with Crippen LogP contribution in [0.4, 0.5) is 0 Å². The van der Waals surface area contributed by atoms with Gasteiger partial charge in [-0.15, -0.1) is 0 Å². The van der Waals surface area contributed by atoms with Crippen LogP contribution in [0.2, 0.25) is 0 Å². The Morgan fingerprint density at radius 3 is 2.67 bits per heavy atom. The summed E-state index contributed by atoms with van der Waals surface area (Å²) < 4.78 is 6.06. The molecular formula is C18H28N2O. The van der Waals surface area contributed by atoms with Gasteiger partial charge in [0.1, 0.15) is 12.4 Å². The van der Waals surface area contributed by atoms with E-state index < -0.39 is 0 Å². The van der Waals surface area contributed by atoms with E-state index in [2.05, 4.69) is 41.4 Å². The summed E-state index contributed by atoms with van der Waals surface area (Å²) in [5.41, 5.74) is 1.29. The second-order valence-electron chi connectivity index (χ2n) is 6.38. The number of ether oxygens (including phenoxy) is 1. The summed E-state index contributed by atoms with van der Waals surface area (Å²) in [7, 11) is 0. The van der Waals surface area contributed by atoms with Gasteiger partial charge < -0.3 is 10.1 Å². The Hall–Kier alpha value is -1.06. The molecule has 0 bridgehead atoms. The molecule has 0 saturated heterocycles. The molecule has 0 aliphatic heterocycles. The van der Waals surface area contributed by atoms with Crippen LogP contribution in [0.15, 0.2) is 24.3 Å². The van der Waals surface area contributed by atoms with Gasteiger partial charge in [0.25, 0.3) is 0 Å². The Bertz CT molecular complexity index is 441. The van der Waals surface area contributed by atoms with Gasteiger partial charge >= 0.3 is 0 Å². The van der Waals surface area contributed by atoms with Crippen molar-refractivity contribution in [1.82, 2.24) is 10.2 Å². The molecule has 3 heteroatoms. The molecular weight excluding hydrogens is 260 g/mol. The molecule has 0 spiro atoms. The number of rotatable bonds is 10. The van der Waals surface area contributed by atoms with Crippen molar-refractivity contribution in [2.24, 2.45) is 0 Å². The highest BCUT2D eigenvalue weighted by Gasteiger charge is 2.28. The molecule has 3 nitrogen and oxygen atoms in total. The van der Waals surface area contributed by atoms with Crippen molar-refractivity contribution in [1.29, 1.82) is 0 Å². The lowest BCUT2D eigenvalue weighted by Gasteiger charge is -2.21. The Balaban J connectivity index is 1.47. The molecule has 0 unspecified atom stereocenters. The first kappa shape index (κ1) is 14.9. The molecule has 2 aliphatic rings. The third-order valence-electron chi connectivity index (χ3n) is 4.34. The molecule has 1 aromatic rings. The number of hydrogen-bond donors (Lipinski definition) is 1. The number of nitrogens with zero attached hydrogens (tertiary/aromatic N) is 1. The molecule has 0 heterocycles. The van der Waals surface area contributed by atoms with Crippen molar-refractivity contribution >= 4 is 0 Å². The topological polar surface area (TPSA) is 24.5 Å². The van der Waals surface area contributed by atoms with E-state index in [1.807, 2.05) is 0 Å². The lowest BCUT2D eigenvalue weighted by molar-refractivity contribution is 0.201. The molecule has 2 aliphatic carbocycles. The summed E-state index contributed by atoms with van der Waals surface area (Å²) in [6, 6.07) is 10.0. The van der Waals surface area contributed by atoms with Crippen LogP contribution in [0.25, 0.3) is 0 Å². The van der Waals surface area contributed by atoms with Crippen molar-refractivity contribution in [3.8, 4) is 5.75 Å². The Labute approximate surface area is 128 Å². The van der Waals surface area contributed by atoms with Crippen LogP contribution in [-0.2, 0) is 6.54 Å². The second kappa shape index (κ2) is 7.28. The van der Waals surface area contributed by atoms with Crippen molar-refractivity contribution in [2.45, 2.75) is 57.7 Å². The van der Waals surface area contributed by atoms with Crippen LogP contribution in [0.5, 0.6) is 5.75 Å². The highest BCUT2D eigenvalue weighted by molar-refractivity contribution is 5.33. The van der Waals surface area contributed by atoms with Crippen LogP contribution < -0.4 is 10.1 Å². The summed E-state index contributed by atoms with van der Waals surface area (Å²) in [6.07, 6.45) is 6.65. The van der Waals surface area contributed by atoms with E-state index in [0.29, 0.717) is 0 Å². The maximum atomic E-state index is 6.06. The zero-order chi connectivity index (χ0) is 14.5. The van der Waals surface area contributed by atoms with Crippen molar-refractivity contribution in [3.63, 3.8) is 0 Å². The van der Waals surface area contributed by atoms with Crippen LogP contribution in [0.1, 0.15) is 44.6 Å². The van der Waals surface area contributed by atoms with Gasteiger partial charge in [-0.1, -0.05) is 25.1 Å². The lowest BCUT2D eigenvalue weighted by atomic mass is 10.2. The largest absolute Gasteiger partial charge is 0.492 e. The normalized spacial score (nSPS) is 18.2. The minimum absolute atomic E-state index is 0.743. The standard InChI is InChI=1S/C18H28N2O/c1-2-11-20(17-9-10-17)12-13-21-18-6-4-3-5-15(18)14-19-16-7-8-16/h3-6,16-17,19H,2,7-14H2,1H3. The highest BCUT2D eigenvalue weighted by Crippen LogP contribution is 2.27. The van der Waals surface area contributed by atoms with Gasteiger partial charge in [-0.05, 0) is 44.7 Å². The third kappa shape index (κ3) is 4.72. The Morgan fingerprint density at radius 1 is 1.14 bits per heavy atom. The van der Waals surface area contributed by atoms with Crippen LogP contribution in [-0.4, -0.2) is 36.7 Å². The molecule has 1 aromatic carbocycles. The van der Waals surface area contributed by atoms with E-state index in [9.17, 15) is 0 Å². The fraction of sp³-hybridized carbons (Fsp3) is 0.667. The zero-order valence-electron chi connectivity index (χ0n) is 13.2. The monoisotopic (exact) mass is 288 g/mol. The molecule has 21 heavy (non-hydrogen) atoms. The summed E-state index contributed by atoms with van der Waals surface area (Å²) in [5, 5.41) is 3.57. The fourth-order valence-corrected chi connectivity index (χ4v) is 2.81. The van der Waals surface area contributed by atoms with Crippen LogP contribution in [0, 0.1) is 0 Å². The van der Waals surface area contributed by atoms with Crippen LogP contribution in [0.3, 0.4) is 0 Å². The Kier molecular flexibility index (Phi) is 5.15. The molecule has 2 fully saturated rings. The average molecular weight is 288 g/mol. The number of nitrogens with one attached hydrogen (secondary N) is 1. The van der Waals surface area contributed by atoms with Gasteiger partial charge in [0.2, 0.25) is 0 Å². The maximum absolute atomic E-state index is 6.06. The van der Waals surface area contributed by atoms with Crippen LogP contribution >= 0.6 is 0 Å². The van der Waals surface area contributed by atoms with Gasteiger partial charge in [0.15, 0.2) is 0 Å². The van der Waals surface area contributed by atoms with Crippen molar-refractivity contribution in [3.05, 3.63) is 29.8 Å². The molecule has 0 radical (unpaired) electrons. The first-order valence-electron chi connectivity index (χ1n) is 8.55. The molecule has 1 N–H and O–H groups in total. The molecule has 0 atom stereocenters. The predicted molar refractivity (Wildman–Crippen MR) is 86.7 cm³/mol. The number of benzene rings is 1.